The lowest BCUT2D eigenvalue weighted by Crippen LogP contribution is -2.33. The van der Waals surface area contributed by atoms with Gasteiger partial charge in [-0.3, -0.25) is 9.88 Å². The Bertz CT molecular complexity index is 1020. The Hall–Kier alpha value is -2.29. The summed E-state index contributed by atoms with van der Waals surface area (Å²) in [6.45, 7) is 4.61. The molecular formula is C25H30FN5OS. The van der Waals surface area contributed by atoms with Crippen LogP contribution in [0.4, 0.5) is 4.39 Å². The average molecular weight is 468 g/mol. The molecule has 0 saturated carbocycles. The van der Waals surface area contributed by atoms with E-state index >= 15 is 0 Å². The number of hydrogen-bond donors (Lipinski definition) is 0. The Morgan fingerprint density at radius 1 is 1.03 bits per heavy atom. The van der Waals surface area contributed by atoms with Gasteiger partial charge in [0.15, 0.2) is 5.16 Å². The van der Waals surface area contributed by atoms with Crippen LogP contribution < -0.4 is 0 Å². The SMILES string of the molecule is Fc1ccc(CSc2nnc(C3CCN(Cc4ccccn4)CC3)n2C[C@H]2CCCO2)cc1. The minimum Gasteiger partial charge on any atom is -0.376 e. The quantitative estimate of drug-likeness (QED) is 0.449. The first-order valence-corrected chi connectivity index (χ1v) is 12.8. The number of thioether (sulfide) groups is 1. The molecule has 33 heavy (non-hydrogen) atoms. The fraction of sp³-hybridized carbons (Fsp3) is 0.480. The van der Waals surface area contributed by atoms with Gasteiger partial charge >= 0.3 is 0 Å². The minimum atomic E-state index is -0.207. The zero-order chi connectivity index (χ0) is 22.5. The molecule has 6 nitrogen and oxygen atoms in total. The number of piperidine rings is 1. The van der Waals surface area contributed by atoms with Crippen LogP contribution in [0, 0.1) is 5.82 Å². The van der Waals surface area contributed by atoms with Gasteiger partial charge in [0.2, 0.25) is 0 Å². The molecule has 0 aliphatic carbocycles. The Labute approximate surface area is 198 Å². The monoisotopic (exact) mass is 467 g/mol. The molecule has 8 heteroatoms. The lowest BCUT2D eigenvalue weighted by Gasteiger charge is -2.31. The summed E-state index contributed by atoms with van der Waals surface area (Å²) in [4.78, 5) is 6.95. The van der Waals surface area contributed by atoms with E-state index in [1.807, 2.05) is 30.5 Å². The maximum absolute atomic E-state index is 13.2. The largest absolute Gasteiger partial charge is 0.376 e. The highest BCUT2D eigenvalue weighted by atomic mass is 32.2. The molecule has 0 bridgehead atoms. The normalized spacial score (nSPS) is 19.8. The molecule has 0 spiro atoms. The molecule has 0 radical (unpaired) electrons. The van der Waals surface area contributed by atoms with Crippen LogP contribution in [0.3, 0.4) is 0 Å². The van der Waals surface area contributed by atoms with Gasteiger partial charge in [0.25, 0.3) is 0 Å². The van der Waals surface area contributed by atoms with E-state index in [1.165, 1.54) is 12.1 Å². The van der Waals surface area contributed by atoms with Gasteiger partial charge in [0.1, 0.15) is 11.6 Å². The summed E-state index contributed by atoms with van der Waals surface area (Å²) >= 11 is 1.67. The Kier molecular flexibility index (Phi) is 7.34. The molecule has 2 aromatic heterocycles. The minimum absolute atomic E-state index is 0.207. The summed E-state index contributed by atoms with van der Waals surface area (Å²) in [6, 6.07) is 12.8. The van der Waals surface area contributed by atoms with Crippen molar-refractivity contribution in [1.29, 1.82) is 0 Å². The maximum atomic E-state index is 13.2. The second-order valence-corrected chi connectivity index (χ2v) is 9.82. The highest BCUT2D eigenvalue weighted by molar-refractivity contribution is 7.98. The third-order valence-electron chi connectivity index (χ3n) is 6.50. The van der Waals surface area contributed by atoms with Crippen molar-refractivity contribution in [2.45, 2.75) is 61.7 Å². The third-order valence-corrected chi connectivity index (χ3v) is 7.54. The van der Waals surface area contributed by atoms with Crippen LogP contribution in [0.1, 0.15) is 48.7 Å². The molecule has 2 fully saturated rings. The van der Waals surface area contributed by atoms with E-state index in [0.717, 1.165) is 86.5 Å². The molecule has 2 aliphatic rings. The van der Waals surface area contributed by atoms with Crippen LogP contribution in [0.5, 0.6) is 0 Å². The number of ether oxygens (including phenoxy) is 1. The lowest BCUT2D eigenvalue weighted by atomic mass is 9.95. The lowest BCUT2D eigenvalue weighted by molar-refractivity contribution is 0.0931. The predicted molar refractivity (Wildman–Crippen MR) is 126 cm³/mol. The van der Waals surface area contributed by atoms with Crippen molar-refractivity contribution in [3.05, 3.63) is 71.6 Å². The van der Waals surface area contributed by atoms with Gasteiger partial charge in [-0.15, -0.1) is 10.2 Å². The van der Waals surface area contributed by atoms with Gasteiger partial charge in [0.05, 0.1) is 18.3 Å². The van der Waals surface area contributed by atoms with E-state index in [4.69, 9.17) is 4.74 Å². The van der Waals surface area contributed by atoms with Gasteiger partial charge in [-0.05, 0) is 68.6 Å². The third kappa shape index (κ3) is 5.80. The van der Waals surface area contributed by atoms with Crippen molar-refractivity contribution in [3.8, 4) is 0 Å². The van der Waals surface area contributed by atoms with Gasteiger partial charge in [-0.1, -0.05) is 30.0 Å². The highest BCUT2D eigenvalue weighted by Gasteiger charge is 2.28. The smallest absolute Gasteiger partial charge is 0.191 e. The predicted octanol–water partition coefficient (Wildman–Crippen LogP) is 4.66. The van der Waals surface area contributed by atoms with Crippen molar-refractivity contribution >= 4 is 11.8 Å². The summed E-state index contributed by atoms with van der Waals surface area (Å²) in [6.07, 6.45) is 6.43. The fourth-order valence-electron chi connectivity index (χ4n) is 4.67. The molecule has 1 atom stereocenters. The van der Waals surface area contributed by atoms with Crippen molar-refractivity contribution < 1.29 is 9.13 Å². The first-order valence-electron chi connectivity index (χ1n) is 11.8. The molecule has 5 rings (SSSR count). The van der Waals surface area contributed by atoms with E-state index in [-0.39, 0.29) is 11.9 Å². The zero-order valence-corrected chi connectivity index (χ0v) is 19.6. The number of nitrogens with zero attached hydrogens (tertiary/aromatic N) is 5. The van der Waals surface area contributed by atoms with Crippen LogP contribution in [-0.4, -0.2) is 50.4 Å². The van der Waals surface area contributed by atoms with Crippen LogP contribution in [0.25, 0.3) is 0 Å². The van der Waals surface area contributed by atoms with Crippen LogP contribution >= 0.6 is 11.8 Å². The summed E-state index contributed by atoms with van der Waals surface area (Å²) in [5, 5.41) is 10.2. The van der Waals surface area contributed by atoms with Crippen molar-refractivity contribution in [1.82, 2.24) is 24.6 Å². The number of rotatable bonds is 8. The first-order chi connectivity index (χ1) is 16.2. The second kappa shape index (κ2) is 10.8. The number of halogens is 1. The molecule has 2 aliphatic heterocycles. The highest BCUT2D eigenvalue weighted by Crippen LogP contribution is 2.32. The maximum Gasteiger partial charge on any atom is 0.191 e. The molecular weight excluding hydrogens is 437 g/mol. The van der Waals surface area contributed by atoms with Crippen molar-refractivity contribution in [2.75, 3.05) is 19.7 Å². The number of hydrogen-bond acceptors (Lipinski definition) is 6. The molecule has 0 amide bonds. The second-order valence-electron chi connectivity index (χ2n) is 8.87. The molecule has 0 N–H and O–H groups in total. The number of pyridine rings is 1. The summed E-state index contributed by atoms with van der Waals surface area (Å²) in [5.41, 5.74) is 2.20. The molecule has 1 aromatic carbocycles. The average Bonchev–Trinajstić information content (AvgIpc) is 3.51. The van der Waals surface area contributed by atoms with Crippen LogP contribution in [0.15, 0.2) is 53.8 Å². The summed E-state index contributed by atoms with van der Waals surface area (Å²) < 4.78 is 21.5. The van der Waals surface area contributed by atoms with Crippen LogP contribution in [-0.2, 0) is 23.6 Å². The summed E-state index contributed by atoms with van der Waals surface area (Å²) in [7, 11) is 0. The Balaban J connectivity index is 1.26. The summed E-state index contributed by atoms with van der Waals surface area (Å²) in [5.74, 6) is 2.03. The van der Waals surface area contributed by atoms with Gasteiger partial charge < -0.3 is 9.30 Å². The van der Waals surface area contributed by atoms with Crippen LogP contribution in [0.2, 0.25) is 0 Å². The van der Waals surface area contributed by atoms with E-state index in [1.54, 1.807) is 11.8 Å². The number of benzene rings is 1. The van der Waals surface area contributed by atoms with Crippen molar-refractivity contribution in [2.24, 2.45) is 0 Å². The van der Waals surface area contributed by atoms with E-state index in [9.17, 15) is 4.39 Å². The topological polar surface area (TPSA) is 56.1 Å². The Morgan fingerprint density at radius 2 is 1.88 bits per heavy atom. The Morgan fingerprint density at radius 3 is 2.61 bits per heavy atom. The molecule has 3 aromatic rings. The van der Waals surface area contributed by atoms with E-state index < -0.39 is 0 Å². The van der Waals surface area contributed by atoms with Gasteiger partial charge in [-0.2, -0.15) is 0 Å². The molecule has 2 saturated heterocycles. The van der Waals surface area contributed by atoms with Crippen molar-refractivity contribution in [3.63, 3.8) is 0 Å². The zero-order valence-electron chi connectivity index (χ0n) is 18.8. The van der Waals surface area contributed by atoms with Gasteiger partial charge in [-0.25, -0.2) is 4.39 Å². The molecule has 174 valence electrons. The van der Waals surface area contributed by atoms with E-state index in [2.05, 4.69) is 30.7 Å². The number of likely N-dealkylation sites (tertiary alicyclic amines) is 1. The standard InChI is InChI=1S/C25H30FN5OS/c26-21-8-6-19(7-9-21)18-33-25-29-28-24(31(25)17-23-5-3-15-32-23)20-10-13-30(14-11-20)16-22-4-1-2-12-27-22/h1-2,4,6-9,12,20,23H,3,5,10-11,13-18H2/t23-/m1/s1. The molecule has 4 heterocycles. The molecule has 0 unspecified atom stereocenters. The van der Waals surface area contributed by atoms with E-state index in [0.29, 0.717) is 5.92 Å². The van der Waals surface area contributed by atoms with Gasteiger partial charge in [0, 0.05) is 31.0 Å². The number of aromatic nitrogens is 4. The fourth-order valence-corrected chi connectivity index (χ4v) is 5.58. The first kappa shape index (κ1) is 22.5.